The van der Waals surface area contributed by atoms with Crippen molar-refractivity contribution in [3.05, 3.63) is 156 Å². The van der Waals surface area contributed by atoms with Gasteiger partial charge in [-0.25, -0.2) is 15.0 Å². The van der Waals surface area contributed by atoms with Gasteiger partial charge in [-0.3, -0.25) is 32.9 Å². The first-order chi connectivity index (χ1) is 39.7. The molecule has 21 heteroatoms. The zero-order valence-electron chi connectivity index (χ0n) is 46.8. The molecule has 3 aliphatic carbocycles. The molecule has 3 saturated carbocycles. The van der Waals surface area contributed by atoms with E-state index in [2.05, 4.69) is 45.9 Å². The molecule has 9 aromatic rings. The molecule has 0 spiro atoms. The molecule has 0 unspecified atom stereocenters. The predicted molar refractivity (Wildman–Crippen MR) is 707 cm³/mol. The SMILES string of the molecule is C.C.C.C.C.C.C.C.C.C.C.C.C.C.C.C.C.C.C.C.C.C.C.C.C.C.C.C.C.C.C.C.C.C.C.C.C.C.C.C.C.C.C.C.C.C.C.C.C.C.C.C.C.C.C.C.Cn1c(=O)c(-c2ccccc2Cl)cc2cnc(NC3CCC(=O)CC3)nc21.Cn1c(=O)c(-c2ccccc2Cl)cc2cnc(NC3CCC(C)(O)CC3)nc21.Cn1c(=O)c(-c2ccccc2Cl)cc2cnc(NC3CCC(C)(O)CC3)nc21. The minimum Gasteiger partial charge on any atom is -0.390 e. The second kappa shape index (κ2) is 135. The summed E-state index contributed by atoms with van der Waals surface area (Å²) in [5.41, 5.74) is 3.72. The number of carbonyl (C=O) groups is 1. The summed E-state index contributed by atoms with van der Waals surface area (Å²) >= 11 is 18.8. The highest BCUT2D eigenvalue weighted by Gasteiger charge is 2.31. The van der Waals surface area contributed by atoms with Gasteiger partial charge < -0.3 is 26.2 Å². The van der Waals surface area contributed by atoms with Crippen molar-refractivity contribution in [2.45, 2.75) is 536 Å². The number of ketones is 1. The van der Waals surface area contributed by atoms with Crippen LogP contribution in [0.25, 0.3) is 66.5 Å². The highest BCUT2D eigenvalue weighted by atomic mass is 35.5. The number of rotatable bonds is 9. The van der Waals surface area contributed by atoms with E-state index in [4.69, 9.17) is 34.8 Å². The van der Waals surface area contributed by atoms with Crippen LogP contribution in [0.2, 0.25) is 15.1 Å². The zero-order valence-corrected chi connectivity index (χ0v) is 49.1. The number of aliphatic hydroxyl groups is 2. The van der Waals surface area contributed by atoms with Crippen molar-refractivity contribution in [2.24, 2.45) is 21.1 Å². The van der Waals surface area contributed by atoms with Crippen molar-refractivity contribution in [3.8, 4) is 33.4 Å². The van der Waals surface area contributed by atoms with E-state index in [0.717, 1.165) is 80.4 Å². The number of pyridine rings is 3. The molecular formula is C118H289Cl3N12O6. The molecule has 139 heavy (non-hydrogen) atoms. The number of nitrogens with zero attached hydrogens (tertiary/aromatic N) is 9. The summed E-state index contributed by atoms with van der Waals surface area (Å²) in [6, 6.07) is 27.8. The lowest BCUT2D eigenvalue weighted by atomic mass is 9.84. The van der Waals surface area contributed by atoms with Gasteiger partial charge in [0.05, 0.1) is 11.2 Å². The first-order valence-electron chi connectivity index (χ1n) is 27.8. The Morgan fingerprint density at radius 1 is 0.273 bits per heavy atom. The van der Waals surface area contributed by atoms with Gasteiger partial charge in [0.15, 0.2) is 0 Å². The highest BCUT2D eigenvalue weighted by Crippen LogP contribution is 2.34. The fourth-order valence-electron chi connectivity index (χ4n) is 11.0. The molecule has 0 amide bonds. The standard InChI is InChI=1S/2C21H23ClN4O2.C20H19ClN4O2.56CH4/c2*1-21(28)9-7-14(8-10-21)24-20-23-12-13-11-16(15-5-3-4-6-17(15)22)19(27)26(2)18(13)25-20;1-25-18-12(10-16(19(25)27)15-4-2-3-5-17(15)21)11-22-20(24-18)23-13-6-8-14(26)9-7-13;;;;;;;;;;;;;;;;;;;;;;;;;;;;;;;;;;;;;;;;;;;;;;;;;;;;;;;;/h2*3-6,11-12,14,28H,7-10H2,1-2H3,(H,23,24,25);2-5,10-11,13H,6-9H2,1H3,(H,22,23,24);56*1H4. The number of nitrogens with one attached hydrogen (secondary N) is 3. The number of hydrogen-bond acceptors (Lipinski definition) is 15. The average molecular weight is 2080 g/mol. The van der Waals surface area contributed by atoms with E-state index in [1.165, 1.54) is 13.7 Å². The van der Waals surface area contributed by atoms with E-state index >= 15 is 0 Å². The van der Waals surface area contributed by atoms with Crippen LogP contribution in [0.1, 0.15) is 507 Å². The Labute approximate surface area is 906 Å². The van der Waals surface area contributed by atoms with Crippen molar-refractivity contribution in [2.75, 3.05) is 16.0 Å². The second-order valence-electron chi connectivity index (χ2n) is 22.4. The highest BCUT2D eigenvalue weighted by molar-refractivity contribution is 6.34. The fraction of sp³-hybridized carbons (Fsp3) is 0.661. The molecule has 0 aliphatic heterocycles. The van der Waals surface area contributed by atoms with Gasteiger partial charge in [0, 0.05) is 135 Å². The third-order valence-electron chi connectivity index (χ3n) is 16.0. The number of Topliss-reactive ketones (excluding diaryl/α,β-unsaturated/α-hetero) is 1. The molecule has 3 fully saturated rings. The summed E-state index contributed by atoms with van der Waals surface area (Å²) < 4.78 is 4.59. The van der Waals surface area contributed by atoms with Crippen LogP contribution < -0.4 is 32.6 Å². The second-order valence-corrected chi connectivity index (χ2v) is 23.6. The van der Waals surface area contributed by atoms with Gasteiger partial charge in [-0.2, -0.15) is 15.0 Å². The molecule has 3 aliphatic rings. The van der Waals surface area contributed by atoms with Crippen molar-refractivity contribution >= 4 is 91.5 Å². The van der Waals surface area contributed by atoms with Crippen LogP contribution in [0.15, 0.2) is 124 Å². The number of anilines is 3. The maximum absolute atomic E-state index is 12.9. The van der Waals surface area contributed by atoms with Gasteiger partial charge in [-0.15, -0.1) is 0 Å². The summed E-state index contributed by atoms with van der Waals surface area (Å²) in [4.78, 5) is 77.0. The lowest BCUT2D eigenvalue weighted by molar-refractivity contribution is -0.120. The fourth-order valence-corrected chi connectivity index (χ4v) is 11.7. The van der Waals surface area contributed by atoms with Gasteiger partial charge in [0.2, 0.25) is 17.8 Å². The molecule has 0 radical (unpaired) electrons. The summed E-state index contributed by atoms with van der Waals surface area (Å²) in [6.07, 6.45) is 14.3. The van der Waals surface area contributed by atoms with Crippen LogP contribution in [0, 0.1) is 0 Å². The number of aromatic nitrogens is 9. The van der Waals surface area contributed by atoms with Gasteiger partial charge in [0.1, 0.15) is 22.7 Å². The van der Waals surface area contributed by atoms with Crippen LogP contribution in [-0.4, -0.2) is 88.9 Å². The number of hydrogen-bond donors (Lipinski definition) is 5. The third-order valence-corrected chi connectivity index (χ3v) is 17.0. The van der Waals surface area contributed by atoms with Crippen molar-refractivity contribution in [1.29, 1.82) is 0 Å². The monoisotopic (exact) mass is 2080 g/mol. The van der Waals surface area contributed by atoms with Gasteiger partial charge in [0.25, 0.3) is 16.7 Å². The maximum Gasteiger partial charge on any atom is 0.259 e. The molecule has 3 aromatic carbocycles. The van der Waals surface area contributed by atoms with Crippen LogP contribution in [0.5, 0.6) is 0 Å². The van der Waals surface area contributed by atoms with E-state index < -0.39 is 11.2 Å². The largest absolute Gasteiger partial charge is 0.390 e. The maximum atomic E-state index is 12.9. The minimum atomic E-state index is -0.582. The Morgan fingerprint density at radius 3 is 0.612 bits per heavy atom. The number of aryl methyl sites for hydroxylation is 3. The molecule has 6 heterocycles. The lowest BCUT2D eigenvalue weighted by Crippen LogP contribution is -2.36. The molecule has 878 valence electrons. The average Bonchev–Trinajstić information content (AvgIpc) is 0.783. The molecular weight excluding hydrogens is 1790 g/mol. The van der Waals surface area contributed by atoms with Crippen LogP contribution in [-0.2, 0) is 25.9 Å². The smallest absolute Gasteiger partial charge is 0.259 e. The van der Waals surface area contributed by atoms with Gasteiger partial charge in [-0.05, 0) is 114 Å². The Balaban J connectivity index is -0.0000000169. The topological polar surface area (TPSA) is 237 Å². The molecule has 0 atom stereocenters. The molecule has 0 bridgehead atoms. The molecule has 0 saturated heterocycles. The van der Waals surface area contributed by atoms with Gasteiger partial charge in [-0.1, -0.05) is 505 Å². The Morgan fingerprint density at radius 2 is 0.439 bits per heavy atom. The number of benzene rings is 3. The minimum absolute atomic E-state index is 0. The first-order valence-corrected chi connectivity index (χ1v) is 29.0. The summed E-state index contributed by atoms with van der Waals surface area (Å²) in [6.45, 7) is 3.75. The summed E-state index contributed by atoms with van der Waals surface area (Å²) in [7, 11) is 5.11. The van der Waals surface area contributed by atoms with Crippen LogP contribution >= 0.6 is 34.8 Å². The van der Waals surface area contributed by atoms with E-state index in [-0.39, 0.29) is 451 Å². The normalized spacial score (nSPS) is 12.0. The van der Waals surface area contributed by atoms with E-state index in [1.54, 1.807) is 76.1 Å². The van der Waals surface area contributed by atoms with Crippen molar-refractivity contribution < 1.29 is 15.0 Å². The number of fused-ring (bicyclic) bond motifs is 3. The number of carbonyl (C=O) groups excluding carboxylic acids is 1. The van der Waals surface area contributed by atoms with Gasteiger partial charge >= 0.3 is 0 Å². The van der Waals surface area contributed by atoms with E-state index in [1.807, 2.05) is 68.4 Å². The van der Waals surface area contributed by atoms with Crippen LogP contribution in [0.3, 0.4) is 0 Å². The molecule has 18 nitrogen and oxygen atoms in total. The van der Waals surface area contributed by atoms with E-state index in [9.17, 15) is 29.4 Å². The molecule has 12 rings (SSSR count). The van der Waals surface area contributed by atoms with Crippen molar-refractivity contribution in [3.63, 3.8) is 0 Å². The Kier molecular flexibility index (Phi) is 304. The van der Waals surface area contributed by atoms with Crippen LogP contribution in [0.4, 0.5) is 17.8 Å². The Hall–Kier alpha value is -7.61. The lowest BCUT2D eigenvalue weighted by Gasteiger charge is -2.33. The predicted octanol–water partition coefficient (Wildman–Crippen LogP) is 46.7. The van der Waals surface area contributed by atoms with E-state index in [0.29, 0.717) is 102 Å². The molecule has 5 N–H and O–H groups in total. The molecule has 6 aromatic heterocycles. The number of halogens is 3. The Bertz CT molecular complexity index is 3920. The third kappa shape index (κ3) is 74.0. The first kappa shape index (κ1) is 314. The summed E-state index contributed by atoms with van der Waals surface area (Å²) in [5.74, 6) is 1.78. The zero-order chi connectivity index (χ0) is 58.7. The van der Waals surface area contributed by atoms with Crippen molar-refractivity contribution in [1.82, 2.24) is 43.6 Å². The summed E-state index contributed by atoms with van der Waals surface area (Å²) in [5, 5.41) is 34.1. The quantitative estimate of drug-likeness (QED) is 0.0903.